The highest BCUT2D eigenvalue weighted by Gasteiger charge is 2.10. The maximum absolute atomic E-state index is 10.8. The zero-order valence-corrected chi connectivity index (χ0v) is 11.3. The van der Waals surface area contributed by atoms with Crippen LogP contribution >= 0.6 is 0 Å². The van der Waals surface area contributed by atoms with Gasteiger partial charge < -0.3 is 10.0 Å². The van der Waals surface area contributed by atoms with Crippen LogP contribution in [-0.4, -0.2) is 29.7 Å². The van der Waals surface area contributed by atoms with Crippen molar-refractivity contribution in [2.75, 3.05) is 18.5 Å². The first-order valence-electron chi connectivity index (χ1n) is 6.42. The van der Waals surface area contributed by atoms with Gasteiger partial charge in [-0.25, -0.2) is 0 Å². The number of likely N-dealkylation sites (N-methyl/N-ethyl adjacent to an activating group) is 1. The predicted octanol–water partition coefficient (Wildman–Crippen LogP) is 2.71. The van der Waals surface area contributed by atoms with Crippen LogP contribution in [0.25, 0.3) is 10.9 Å². The molecule has 1 heterocycles. The van der Waals surface area contributed by atoms with E-state index in [4.69, 9.17) is 5.11 Å². The molecule has 1 N–H and O–H groups in total. The van der Waals surface area contributed by atoms with Crippen LogP contribution in [0.5, 0.6) is 0 Å². The number of hydrogen-bond acceptors (Lipinski definition) is 3. The van der Waals surface area contributed by atoms with Gasteiger partial charge in [-0.15, -0.1) is 0 Å². The number of aromatic nitrogens is 1. The van der Waals surface area contributed by atoms with E-state index in [0.29, 0.717) is 0 Å². The summed E-state index contributed by atoms with van der Waals surface area (Å²) < 4.78 is 0. The molecule has 2 aromatic rings. The van der Waals surface area contributed by atoms with E-state index in [1.165, 1.54) is 5.56 Å². The molecule has 100 valence electrons. The lowest BCUT2D eigenvalue weighted by molar-refractivity contribution is -0.135. The summed E-state index contributed by atoms with van der Waals surface area (Å²) in [7, 11) is 1.79. The molecule has 0 bridgehead atoms. The van der Waals surface area contributed by atoms with Crippen LogP contribution in [0, 0.1) is 0 Å². The summed E-state index contributed by atoms with van der Waals surface area (Å²) in [6, 6.07) is 8.05. The summed E-state index contributed by atoms with van der Waals surface area (Å²) >= 11 is 0. The number of fused-ring (bicyclic) bond motifs is 1. The smallest absolute Gasteiger partial charge is 0.323 e. The molecule has 1 aromatic heterocycles. The number of rotatable bonds is 5. The molecule has 0 saturated heterocycles. The Bertz CT molecular complexity index is 596. The van der Waals surface area contributed by atoms with E-state index in [1.54, 1.807) is 18.1 Å². The fourth-order valence-corrected chi connectivity index (χ4v) is 2.24. The number of nitrogens with zero attached hydrogens (tertiary/aromatic N) is 2. The molecule has 0 aliphatic heterocycles. The highest BCUT2D eigenvalue weighted by Crippen LogP contribution is 2.25. The molecule has 0 amide bonds. The predicted molar refractivity (Wildman–Crippen MR) is 76.6 cm³/mol. The molecule has 2 rings (SSSR count). The second-order valence-corrected chi connectivity index (χ2v) is 4.68. The van der Waals surface area contributed by atoms with Crippen LogP contribution < -0.4 is 4.90 Å². The summed E-state index contributed by atoms with van der Waals surface area (Å²) in [6.07, 6.45) is 3.83. The standard InChI is InChI=1S/C15H18N2O2/c1-3-4-11-5-6-13-12(9-11)14(7-8-16-13)17(2)10-15(18)19/h5-9H,3-4,10H2,1-2H3,(H,18,19). The van der Waals surface area contributed by atoms with Gasteiger partial charge in [-0.2, -0.15) is 0 Å². The maximum Gasteiger partial charge on any atom is 0.323 e. The van der Waals surface area contributed by atoms with Crippen molar-refractivity contribution in [2.45, 2.75) is 19.8 Å². The Hall–Kier alpha value is -2.10. The first-order chi connectivity index (χ1) is 9.11. The Balaban J connectivity index is 2.47. The highest BCUT2D eigenvalue weighted by atomic mass is 16.4. The fourth-order valence-electron chi connectivity index (χ4n) is 2.24. The molecule has 0 saturated carbocycles. The summed E-state index contributed by atoms with van der Waals surface area (Å²) in [5.41, 5.74) is 3.06. The van der Waals surface area contributed by atoms with Crippen LogP contribution in [0.3, 0.4) is 0 Å². The molecule has 0 unspecified atom stereocenters. The number of carboxylic acids is 1. The summed E-state index contributed by atoms with van der Waals surface area (Å²) in [4.78, 5) is 16.9. The van der Waals surface area contributed by atoms with Crippen molar-refractivity contribution < 1.29 is 9.90 Å². The number of anilines is 1. The van der Waals surface area contributed by atoms with E-state index in [-0.39, 0.29) is 6.54 Å². The first-order valence-corrected chi connectivity index (χ1v) is 6.42. The van der Waals surface area contributed by atoms with Gasteiger partial charge in [-0.05, 0) is 30.2 Å². The van der Waals surface area contributed by atoms with Crippen LogP contribution in [0.4, 0.5) is 5.69 Å². The van der Waals surface area contributed by atoms with Gasteiger partial charge in [-0.1, -0.05) is 19.4 Å². The van der Waals surface area contributed by atoms with E-state index in [2.05, 4.69) is 24.0 Å². The second-order valence-electron chi connectivity index (χ2n) is 4.68. The number of carbonyl (C=O) groups is 1. The summed E-state index contributed by atoms with van der Waals surface area (Å²) in [5.74, 6) is -0.836. The van der Waals surface area contributed by atoms with Crippen LogP contribution in [-0.2, 0) is 11.2 Å². The summed E-state index contributed by atoms with van der Waals surface area (Å²) in [6.45, 7) is 2.13. The van der Waals surface area contributed by atoms with Crippen molar-refractivity contribution in [1.82, 2.24) is 4.98 Å². The number of aliphatic carboxylic acids is 1. The lowest BCUT2D eigenvalue weighted by Crippen LogP contribution is -2.25. The third-order valence-corrected chi connectivity index (χ3v) is 3.11. The normalized spacial score (nSPS) is 10.6. The number of hydrogen-bond donors (Lipinski definition) is 1. The topological polar surface area (TPSA) is 53.4 Å². The Morgan fingerprint density at radius 2 is 2.16 bits per heavy atom. The summed E-state index contributed by atoms with van der Waals surface area (Å²) in [5, 5.41) is 9.91. The maximum atomic E-state index is 10.8. The van der Waals surface area contributed by atoms with Crippen LogP contribution in [0.15, 0.2) is 30.5 Å². The Morgan fingerprint density at radius 1 is 1.37 bits per heavy atom. The Morgan fingerprint density at radius 3 is 2.84 bits per heavy atom. The minimum Gasteiger partial charge on any atom is -0.480 e. The first kappa shape index (κ1) is 13.3. The Labute approximate surface area is 112 Å². The second kappa shape index (κ2) is 5.69. The fraction of sp³-hybridized carbons (Fsp3) is 0.333. The Kier molecular flexibility index (Phi) is 4.00. The monoisotopic (exact) mass is 258 g/mol. The number of aryl methyl sites for hydroxylation is 1. The van der Waals surface area contributed by atoms with Crippen molar-refractivity contribution >= 4 is 22.6 Å². The average molecular weight is 258 g/mol. The number of pyridine rings is 1. The molecule has 0 spiro atoms. The van der Waals surface area contributed by atoms with Crippen molar-refractivity contribution in [3.63, 3.8) is 0 Å². The van der Waals surface area contributed by atoms with E-state index >= 15 is 0 Å². The molecule has 4 heteroatoms. The molecule has 1 aromatic carbocycles. The lowest BCUT2D eigenvalue weighted by Gasteiger charge is -2.19. The van der Waals surface area contributed by atoms with Gasteiger partial charge in [0.1, 0.15) is 6.54 Å². The molecule has 0 aliphatic rings. The van der Waals surface area contributed by atoms with E-state index in [9.17, 15) is 4.79 Å². The molecular weight excluding hydrogens is 240 g/mol. The van der Waals surface area contributed by atoms with Gasteiger partial charge >= 0.3 is 5.97 Å². The molecule has 0 radical (unpaired) electrons. The zero-order valence-electron chi connectivity index (χ0n) is 11.3. The van der Waals surface area contributed by atoms with Crippen molar-refractivity contribution in [2.24, 2.45) is 0 Å². The van der Waals surface area contributed by atoms with E-state index in [1.807, 2.05) is 12.1 Å². The molecule has 4 nitrogen and oxygen atoms in total. The van der Waals surface area contributed by atoms with Crippen LogP contribution in [0.2, 0.25) is 0 Å². The quantitative estimate of drug-likeness (QED) is 0.896. The van der Waals surface area contributed by atoms with Gasteiger partial charge in [0.25, 0.3) is 0 Å². The van der Waals surface area contributed by atoms with Crippen molar-refractivity contribution in [3.8, 4) is 0 Å². The third kappa shape index (κ3) is 3.02. The minimum atomic E-state index is -0.836. The van der Waals surface area contributed by atoms with Crippen molar-refractivity contribution in [3.05, 3.63) is 36.0 Å². The largest absolute Gasteiger partial charge is 0.480 e. The lowest BCUT2D eigenvalue weighted by atomic mass is 10.1. The van der Waals surface area contributed by atoms with Gasteiger partial charge in [0, 0.05) is 24.3 Å². The SMILES string of the molecule is CCCc1ccc2nccc(N(C)CC(=O)O)c2c1. The minimum absolute atomic E-state index is 0.0167. The van der Waals surface area contributed by atoms with Gasteiger partial charge in [0.05, 0.1) is 5.52 Å². The molecule has 0 fully saturated rings. The van der Waals surface area contributed by atoms with Crippen molar-refractivity contribution in [1.29, 1.82) is 0 Å². The molecule has 0 aliphatic carbocycles. The average Bonchev–Trinajstić information content (AvgIpc) is 2.37. The van der Waals surface area contributed by atoms with Gasteiger partial charge in [0.2, 0.25) is 0 Å². The van der Waals surface area contributed by atoms with Crippen LogP contribution in [0.1, 0.15) is 18.9 Å². The zero-order chi connectivity index (χ0) is 13.8. The molecular formula is C15H18N2O2. The third-order valence-electron chi connectivity index (χ3n) is 3.11. The highest BCUT2D eigenvalue weighted by molar-refractivity contribution is 5.93. The number of benzene rings is 1. The molecule has 19 heavy (non-hydrogen) atoms. The molecule has 0 atom stereocenters. The van der Waals surface area contributed by atoms with E-state index < -0.39 is 5.97 Å². The number of carboxylic acid groups (broad SMARTS) is 1. The van der Waals surface area contributed by atoms with Gasteiger partial charge in [0.15, 0.2) is 0 Å². The van der Waals surface area contributed by atoms with E-state index in [0.717, 1.165) is 29.4 Å². The van der Waals surface area contributed by atoms with Gasteiger partial charge in [-0.3, -0.25) is 9.78 Å².